The highest BCUT2D eigenvalue weighted by molar-refractivity contribution is 8.04. The fourth-order valence-electron chi connectivity index (χ4n) is 1.62. The fourth-order valence-corrected chi connectivity index (χ4v) is 2.95. The second-order valence-electron chi connectivity index (χ2n) is 4.46. The molecule has 1 aliphatic heterocycles. The third kappa shape index (κ3) is 3.32. The molecule has 0 saturated carbocycles. The minimum absolute atomic E-state index is 0.398. The molecule has 82 valence electrons. The predicted octanol–water partition coefficient (Wildman–Crippen LogP) is 3.85. The SMILES string of the molecule is CCOCCC1(C)CC=C(C(C)C)S1. The van der Waals surface area contributed by atoms with E-state index >= 15 is 0 Å². The highest BCUT2D eigenvalue weighted by Crippen LogP contribution is 2.46. The Morgan fingerprint density at radius 2 is 2.29 bits per heavy atom. The summed E-state index contributed by atoms with van der Waals surface area (Å²) in [5.41, 5.74) is 0. The van der Waals surface area contributed by atoms with Crippen molar-refractivity contribution in [1.82, 2.24) is 0 Å². The van der Waals surface area contributed by atoms with E-state index in [1.54, 1.807) is 4.91 Å². The summed E-state index contributed by atoms with van der Waals surface area (Å²) in [4.78, 5) is 1.56. The van der Waals surface area contributed by atoms with E-state index in [1.165, 1.54) is 6.42 Å². The summed E-state index contributed by atoms with van der Waals surface area (Å²) >= 11 is 2.05. The molecule has 0 amide bonds. The van der Waals surface area contributed by atoms with E-state index in [9.17, 15) is 0 Å². The first-order chi connectivity index (χ1) is 6.57. The van der Waals surface area contributed by atoms with Crippen molar-refractivity contribution >= 4 is 11.8 Å². The van der Waals surface area contributed by atoms with Crippen LogP contribution < -0.4 is 0 Å². The average Bonchev–Trinajstić information content (AvgIpc) is 2.49. The summed E-state index contributed by atoms with van der Waals surface area (Å²) in [6, 6.07) is 0. The molecular formula is C12H22OS. The first-order valence-corrected chi connectivity index (χ1v) is 6.36. The third-order valence-electron chi connectivity index (χ3n) is 2.65. The Morgan fingerprint density at radius 3 is 2.79 bits per heavy atom. The van der Waals surface area contributed by atoms with Crippen LogP contribution in [0.15, 0.2) is 11.0 Å². The molecule has 1 nitrogen and oxygen atoms in total. The molecule has 1 aliphatic rings. The molecule has 0 aliphatic carbocycles. The molecule has 1 atom stereocenters. The quantitative estimate of drug-likeness (QED) is 0.643. The van der Waals surface area contributed by atoms with Crippen molar-refractivity contribution < 1.29 is 4.74 Å². The topological polar surface area (TPSA) is 9.23 Å². The van der Waals surface area contributed by atoms with Crippen LogP contribution in [0.3, 0.4) is 0 Å². The van der Waals surface area contributed by atoms with Gasteiger partial charge in [-0.2, -0.15) is 0 Å². The summed E-state index contributed by atoms with van der Waals surface area (Å²) in [6.45, 7) is 10.7. The molecule has 0 aromatic carbocycles. The zero-order valence-electron chi connectivity index (χ0n) is 9.80. The Kier molecular flexibility index (Phi) is 4.52. The van der Waals surface area contributed by atoms with Crippen LogP contribution in [0.4, 0.5) is 0 Å². The van der Waals surface area contributed by atoms with Gasteiger partial charge >= 0.3 is 0 Å². The van der Waals surface area contributed by atoms with Gasteiger partial charge in [0.15, 0.2) is 0 Å². The van der Waals surface area contributed by atoms with Crippen molar-refractivity contribution in [3.05, 3.63) is 11.0 Å². The van der Waals surface area contributed by atoms with Crippen LogP contribution >= 0.6 is 11.8 Å². The summed E-state index contributed by atoms with van der Waals surface area (Å²) in [5, 5.41) is 0. The van der Waals surface area contributed by atoms with Gasteiger partial charge in [0.2, 0.25) is 0 Å². The van der Waals surface area contributed by atoms with Crippen LogP contribution in [0, 0.1) is 5.92 Å². The Morgan fingerprint density at radius 1 is 1.57 bits per heavy atom. The molecule has 0 fully saturated rings. The van der Waals surface area contributed by atoms with Crippen LogP contribution in [0.5, 0.6) is 0 Å². The maximum absolute atomic E-state index is 5.42. The highest BCUT2D eigenvalue weighted by Gasteiger charge is 2.30. The smallest absolute Gasteiger partial charge is 0.0479 e. The van der Waals surface area contributed by atoms with Gasteiger partial charge in [-0.25, -0.2) is 0 Å². The number of hydrogen-bond donors (Lipinski definition) is 0. The maximum Gasteiger partial charge on any atom is 0.0479 e. The molecule has 0 spiro atoms. The van der Waals surface area contributed by atoms with E-state index < -0.39 is 0 Å². The third-order valence-corrected chi connectivity index (χ3v) is 4.39. The Bertz CT molecular complexity index is 210. The molecule has 0 radical (unpaired) electrons. The minimum atomic E-state index is 0.398. The van der Waals surface area contributed by atoms with Crippen molar-refractivity contribution in [3.63, 3.8) is 0 Å². The minimum Gasteiger partial charge on any atom is -0.382 e. The molecule has 0 aromatic rings. The molecule has 2 heteroatoms. The molecule has 14 heavy (non-hydrogen) atoms. The van der Waals surface area contributed by atoms with Gasteiger partial charge in [0.05, 0.1) is 0 Å². The largest absolute Gasteiger partial charge is 0.382 e. The second kappa shape index (κ2) is 5.22. The normalized spacial score (nSPS) is 27.1. The summed E-state index contributed by atoms with van der Waals surface area (Å²) in [5.74, 6) is 0.689. The fraction of sp³-hybridized carbons (Fsp3) is 0.833. The van der Waals surface area contributed by atoms with Crippen LogP contribution in [0.25, 0.3) is 0 Å². The zero-order chi connectivity index (χ0) is 10.6. The molecule has 0 aromatic heterocycles. The number of ether oxygens (including phenoxy) is 1. The Hall–Kier alpha value is 0.0500. The van der Waals surface area contributed by atoms with Crippen LogP contribution in [-0.4, -0.2) is 18.0 Å². The molecular weight excluding hydrogens is 192 g/mol. The van der Waals surface area contributed by atoms with E-state index in [0.717, 1.165) is 19.6 Å². The molecule has 1 unspecified atom stereocenters. The molecule has 0 N–H and O–H groups in total. The van der Waals surface area contributed by atoms with Gasteiger partial charge in [0, 0.05) is 18.0 Å². The first-order valence-electron chi connectivity index (χ1n) is 5.54. The van der Waals surface area contributed by atoms with Gasteiger partial charge in [0.25, 0.3) is 0 Å². The number of allylic oxidation sites excluding steroid dienone is 2. The van der Waals surface area contributed by atoms with Crippen LogP contribution in [0.2, 0.25) is 0 Å². The number of hydrogen-bond acceptors (Lipinski definition) is 2. The number of thioether (sulfide) groups is 1. The monoisotopic (exact) mass is 214 g/mol. The predicted molar refractivity (Wildman–Crippen MR) is 64.6 cm³/mol. The van der Waals surface area contributed by atoms with Gasteiger partial charge in [-0.3, -0.25) is 0 Å². The molecule has 1 rings (SSSR count). The Balaban J connectivity index is 2.34. The Labute approximate surface area is 92.3 Å². The van der Waals surface area contributed by atoms with Gasteiger partial charge < -0.3 is 4.74 Å². The summed E-state index contributed by atoms with van der Waals surface area (Å²) < 4.78 is 5.82. The van der Waals surface area contributed by atoms with Crippen LogP contribution in [0.1, 0.15) is 40.5 Å². The maximum atomic E-state index is 5.42. The summed E-state index contributed by atoms with van der Waals surface area (Å²) in [7, 11) is 0. The lowest BCUT2D eigenvalue weighted by atomic mass is 10.0. The van der Waals surface area contributed by atoms with Crippen molar-refractivity contribution in [2.24, 2.45) is 5.92 Å². The standard InChI is InChI=1S/C12H22OS/c1-5-13-9-8-12(4)7-6-11(14-12)10(2)3/h6,10H,5,7-9H2,1-4H3. The average molecular weight is 214 g/mol. The van der Waals surface area contributed by atoms with Crippen molar-refractivity contribution in [2.45, 2.75) is 45.3 Å². The highest BCUT2D eigenvalue weighted by atomic mass is 32.2. The molecule has 0 saturated heterocycles. The second-order valence-corrected chi connectivity index (χ2v) is 6.13. The van der Waals surface area contributed by atoms with Gasteiger partial charge in [-0.1, -0.05) is 19.9 Å². The van der Waals surface area contributed by atoms with Gasteiger partial charge in [-0.05, 0) is 37.5 Å². The van der Waals surface area contributed by atoms with Crippen molar-refractivity contribution in [1.29, 1.82) is 0 Å². The van der Waals surface area contributed by atoms with Gasteiger partial charge in [-0.15, -0.1) is 11.8 Å². The van der Waals surface area contributed by atoms with E-state index in [1.807, 2.05) is 0 Å². The molecule has 0 bridgehead atoms. The lowest BCUT2D eigenvalue weighted by molar-refractivity contribution is 0.138. The lowest BCUT2D eigenvalue weighted by Crippen LogP contribution is -2.19. The molecule has 1 heterocycles. The van der Waals surface area contributed by atoms with E-state index in [4.69, 9.17) is 4.74 Å². The van der Waals surface area contributed by atoms with Crippen molar-refractivity contribution in [3.8, 4) is 0 Å². The van der Waals surface area contributed by atoms with E-state index in [-0.39, 0.29) is 0 Å². The zero-order valence-corrected chi connectivity index (χ0v) is 10.6. The lowest BCUT2D eigenvalue weighted by Gasteiger charge is -2.24. The van der Waals surface area contributed by atoms with E-state index in [0.29, 0.717) is 10.7 Å². The van der Waals surface area contributed by atoms with Crippen LogP contribution in [-0.2, 0) is 4.74 Å². The van der Waals surface area contributed by atoms with Gasteiger partial charge in [0.1, 0.15) is 0 Å². The number of rotatable bonds is 5. The summed E-state index contributed by atoms with van der Waals surface area (Å²) in [6.07, 6.45) is 4.78. The van der Waals surface area contributed by atoms with E-state index in [2.05, 4.69) is 45.5 Å². The first kappa shape index (κ1) is 12.1. The van der Waals surface area contributed by atoms with Crippen molar-refractivity contribution in [2.75, 3.05) is 13.2 Å².